The lowest BCUT2D eigenvalue weighted by atomic mass is 9.94. The van der Waals surface area contributed by atoms with Gasteiger partial charge in [-0.15, -0.1) is 0 Å². The number of carbonyl (C=O) groups is 2. The number of aryl methyl sites for hydroxylation is 1. The minimum atomic E-state index is -1.02. The summed E-state index contributed by atoms with van der Waals surface area (Å²) in [5, 5.41) is 3.08. The van der Waals surface area contributed by atoms with E-state index in [1.54, 1.807) is 4.90 Å². The summed E-state index contributed by atoms with van der Waals surface area (Å²) in [4.78, 5) is 33.5. The van der Waals surface area contributed by atoms with Crippen molar-refractivity contribution in [1.82, 2.24) is 19.8 Å². The van der Waals surface area contributed by atoms with Gasteiger partial charge in [0.15, 0.2) is 5.82 Å². The number of nitrogens with zero attached hydrogens (tertiary/aromatic N) is 3. The van der Waals surface area contributed by atoms with Crippen molar-refractivity contribution in [2.24, 2.45) is 5.92 Å². The predicted molar refractivity (Wildman–Crippen MR) is 126 cm³/mol. The van der Waals surface area contributed by atoms with E-state index in [0.717, 1.165) is 29.4 Å². The normalized spacial score (nSPS) is 18.3. The summed E-state index contributed by atoms with van der Waals surface area (Å²) in [7, 11) is 0. The smallest absolute Gasteiger partial charge is 0.291 e. The van der Waals surface area contributed by atoms with Gasteiger partial charge in [-0.3, -0.25) is 9.59 Å². The van der Waals surface area contributed by atoms with Crippen LogP contribution in [0.25, 0.3) is 11.0 Å². The van der Waals surface area contributed by atoms with E-state index in [1.807, 2.05) is 47.9 Å². The van der Waals surface area contributed by atoms with Crippen LogP contribution >= 0.6 is 0 Å². The molecule has 2 aromatic carbocycles. The average molecular weight is 433 g/mol. The van der Waals surface area contributed by atoms with Gasteiger partial charge in [0, 0.05) is 13.1 Å². The molecule has 1 N–H and O–H groups in total. The molecule has 0 radical (unpaired) electrons. The molecule has 168 valence electrons. The quantitative estimate of drug-likeness (QED) is 0.609. The van der Waals surface area contributed by atoms with Crippen LogP contribution in [-0.2, 0) is 24.3 Å². The first kappa shape index (κ1) is 22.1. The van der Waals surface area contributed by atoms with Crippen LogP contribution in [0.1, 0.15) is 55.9 Å². The van der Waals surface area contributed by atoms with Crippen LogP contribution in [0.4, 0.5) is 0 Å². The van der Waals surface area contributed by atoms with Gasteiger partial charge in [-0.05, 0) is 48.9 Å². The molecule has 1 aromatic heterocycles. The van der Waals surface area contributed by atoms with Gasteiger partial charge in [0.2, 0.25) is 5.91 Å². The maximum atomic E-state index is 13.7. The second-order valence-corrected chi connectivity index (χ2v) is 9.28. The zero-order valence-corrected chi connectivity index (χ0v) is 19.4. The third-order valence-electron chi connectivity index (χ3n) is 6.42. The number of carbonyl (C=O) groups excluding carboxylic acids is 2. The van der Waals surface area contributed by atoms with Crippen LogP contribution in [0.3, 0.4) is 0 Å². The summed E-state index contributed by atoms with van der Waals surface area (Å²) in [5.74, 6) is 0.547. The van der Waals surface area contributed by atoms with Crippen molar-refractivity contribution in [3.8, 4) is 0 Å². The molecule has 1 unspecified atom stereocenters. The number of amides is 2. The highest BCUT2D eigenvalue weighted by Crippen LogP contribution is 2.32. The lowest BCUT2D eigenvalue weighted by Gasteiger charge is -2.43. The topological polar surface area (TPSA) is 67.2 Å². The van der Waals surface area contributed by atoms with Crippen molar-refractivity contribution in [2.75, 3.05) is 6.54 Å². The Morgan fingerprint density at radius 2 is 1.81 bits per heavy atom. The van der Waals surface area contributed by atoms with Crippen LogP contribution in [0.5, 0.6) is 0 Å². The Kier molecular flexibility index (Phi) is 6.04. The molecule has 6 heteroatoms. The number of nitrogens with one attached hydrogen (secondary N) is 1. The van der Waals surface area contributed by atoms with Gasteiger partial charge in [-0.25, -0.2) is 4.98 Å². The molecular formula is C26H32N4O2. The van der Waals surface area contributed by atoms with E-state index >= 15 is 0 Å². The van der Waals surface area contributed by atoms with Crippen molar-refractivity contribution < 1.29 is 9.59 Å². The zero-order chi connectivity index (χ0) is 22.9. The Bertz CT molecular complexity index is 1130. The van der Waals surface area contributed by atoms with Crippen molar-refractivity contribution in [3.05, 3.63) is 65.5 Å². The van der Waals surface area contributed by atoms with Crippen LogP contribution in [0.2, 0.25) is 0 Å². The van der Waals surface area contributed by atoms with Crippen LogP contribution in [0, 0.1) is 5.92 Å². The van der Waals surface area contributed by atoms with Gasteiger partial charge in [-0.1, -0.05) is 57.2 Å². The molecule has 4 rings (SSSR count). The minimum absolute atomic E-state index is 0.125. The fourth-order valence-electron chi connectivity index (χ4n) is 4.31. The fourth-order valence-corrected chi connectivity index (χ4v) is 4.31. The molecule has 3 aromatic rings. The van der Waals surface area contributed by atoms with Gasteiger partial charge >= 0.3 is 0 Å². The molecule has 2 amide bonds. The summed E-state index contributed by atoms with van der Waals surface area (Å²) in [6.07, 6.45) is 1.86. The van der Waals surface area contributed by atoms with E-state index in [4.69, 9.17) is 0 Å². The molecule has 0 spiro atoms. The van der Waals surface area contributed by atoms with Crippen molar-refractivity contribution in [1.29, 1.82) is 0 Å². The number of para-hydroxylation sites is 2. The highest BCUT2D eigenvalue weighted by Gasteiger charge is 2.48. The Morgan fingerprint density at radius 1 is 1.12 bits per heavy atom. The molecule has 0 aliphatic carbocycles. The summed E-state index contributed by atoms with van der Waals surface area (Å²) in [6, 6.07) is 16.0. The number of benzene rings is 2. The molecule has 0 bridgehead atoms. The van der Waals surface area contributed by atoms with Crippen LogP contribution < -0.4 is 5.32 Å². The van der Waals surface area contributed by atoms with E-state index < -0.39 is 5.54 Å². The number of aromatic nitrogens is 2. The average Bonchev–Trinajstić information content (AvgIpc) is 3.15. The first-order valence-corrected chi connectivity index (χ1v) is 11.5. The summed E-state index contributed by atoms with van der Waals surface area (Å²) < 4.78 is 1.90. The number of rotatable bonds is 7. The molecule has 0 saturated heterocycles. The van der Waals surface area contributed by atoms with Crippen LogP contribution in [0.15, 0.2) is 48.5 Å². The maximum Gasteiger partial charge on any atom is 0.291 e. The molecule has 0 saturated carbocycles. The maximum absolute atomic E-state index is 13.7. The number of imidazole rings is 1. The molecular weight excluding hydrogens is 400 g/mol. The summed E-state index contributed by atoms with van der Waals surface area (Å²) >= 11 is 0. The molecule has 1 aliphatic rings. The lowest BCUT2D eigenvalue weighted by molar-refractivity contribution is -0.133. The summed E-state index contributed by atoms with van der Waals surface area (Å²) in [5.41, 5.74) is 2.88. The highest BCUT2D eigenvalue weighted by molar-refractivity contribution is 6.01. The molecule has 6 nitrogen and oxygen atoms in total. The van der Waals surface area contributed by atoms with E-state index in [9.17, 15) is 9.59 Å². The van der Waals surface area contributed by atoms with Gasteiger partial charge < -0.3 is 14.8 Å². The molecule has 32 heavy (non-hydrogen) atoms. The van der Waals surface area contributed by atoms with E-state index in [2.05, 4.69) is 43.2 Å². The largest absolute Gasteiger partial charge is 0.354 e. The van der Waals surface area contributed by atoms with Crippen molar-refractivity contribution >= 4 is 22.8 Å². The Morgan fingerprint density at radius 3 is 2.50 bits per heavy atom. The first-order chi connectivity index (χ1) is 15.3. The SMILES string of the molecule is CCc1ccc(CN2C(=O)c3nc4ccccc4n3CC2(C)C(=O)NCCC(C)C)cc1. The summed E-state index contributed by atoms with van der Waals surface area (Å²) in [6.45, 7) is 9.58. The number of fused-ring (bicyclic) bond motifs is 3. The Balaban J connectivity index is 1.72. The van der Waals surface area contributed by atoms with Crippen molar-refractivity contribution in [2.45, 2.75) is 59.2 Å². The van der Waals surface area contributed by atoms with E-state index in [0.29, 0.717) is 31.4 Å². The van der Waals surface area contributed by atoms with Gasteiger partial charge in [-0.2, -0.15) is 0 Å². The second-order valence-electron chi connectivity index (χ2n) is 9.28. The number of hydrogen-bond acceptors (Lipinski definition) is 3. The Hall–Kier alpha value is -3.15. The van der Waals surface area contributed by atoms with Gasteiger partial charge in [0.25, 0.3) is 5.91 Å². The predicted octanol–water partition coefficient (Wildman–Crippen LogP) is 4.18. The monoisotopic (exact) mass is 432 g/mol. The van der Waals surface area contributed by atoms with Crippen LogP contribution in [-0.4, -0.2) is 38.3 Å². The van der Waals surface area contributed by atoms with Crippen molar-refractivity contribution in [3.63, 3.8) is 0 Å². The third-order valence-corrected chi connectivity index (χ3v) is 6.42. The molecule has 1 atom stereocenters. The fraction of sp³-hybridized carbons (Fsp3) is 0.423. The third kappa shape index (κ3) is 4.01. The van der Waals surface area contributed by atoms with E-state index in [-0.39, 0.29) is 11.8 Å². The lowest BCUT2D eigenvalue weighted by Crippen LogP contribution is -2.63. The first-order valence-electron chi connectivity index (χ1n) is 11.5. The van der Waals surface area contributed by atoms with Gasteiger partial charge in [0.1, 0.15) is 5.54 Å². The van der Waals surface area contributed by atoms with Gasteiger partial charge in [0.05, 0.1) is 17.6 Å². The molecule has 0 fully saturated rings. The molecule has 1 aliphatic heterocycles. The second kappa shape index (κ2) is 8.77. The molecule has 2 heterocycles. The zero-order valence-electron chi connectivity index (χ0n) is 19.4. The highest BCUT2D eigenvalue weighted by atomic mass is 16.2. The minimum Gasteiger partial charge on any atom is -0.354 e. The van der Waals surface area contributed by atoms with E-state index in [1.165, 1.54) is 5.56 Å². The standard InChI is InChI=1S/C26H32N4O2/c1-5-19-10-12-20(13-11-19)16-30-24(31)23-28-21-8-6-7-9-22(21)29(23)17-26(30,4)25(32)27-15-14-18(2)3/h6-13,18H,5,14-17H2,1-4H3,(H,27,32). The Labute approximate surface area is 189 Å². The number of hydrogen-bond donors (Lipinski definition) is 1.